The summed E-state index contributed by atoms with van der Waals surface area (Å²) in [6.45, 7) is 0.243. The Balaban J connectivity index is 2.38. The van der Waals surface area contributed by atoms with Crippen molar-refractivity contribution in [2.24, 2.45) is 0 Å². The highest BCUT2D eigenvalue weighted by atomic mass is 79.9. The van der Waals surface area contributed by atoms with E-state index in [9.17, 15) is 8.42 Å². The summed E-state index contributed by atoms with van der Waals surface area (Å²) in [6, 6.07) is 4.89. The van der Waals surface area contributed by atoms with Gasteiger partial charge in [-0.25, -0.2) is 8.42 Å². The molecule has 114 valence electrons. The second-order valence-corrected chi connectivity index (χ2v) is 10.2. The van der Waals surface area contributed by atoms with Gasteiger partial charge in [0.15, 0.2) is 0 Å². The number of sulfonamides is 1. The summed E-state index contributed by atoms with van der Waals surface area (Å²) < 4.78 is 28.1. The highest BCUT2D eigenvalue weighted by molar-refractivity contribution is 9.11. The normalized spacial score (nSPS) is 12.1. The van der Waals surface area contributed by atoms with Gasteiger partial charge in [-0.1, -0.05) is 39.1 Å². The highest BCUT2D eigenvalue weighted by Crippen LogP contribution is 2.35. The summed E-state index contributed by atoms with van der Waals surface area (Å²) in [5.41, 5.74) is 0.891. The van der Waals surface area contributed by atoms with Gasteiger partial charge in [-0.2, -0.15) is 4.31 Å². The molecule has 1 heterocycles. The number of rotatable bonds is 4. The van der Waals surface area contributed by atoms with Crippen LogP contribution in [0.2, 0.25) is 10.0 Å². The summed E-state index contributed by atoms with van der Waals surface area (Å²) in [4.78, 5) is -0.0779. The molecule has 1 aromatic heterocycles. The van der Waals surface area contributed by atoms with Gasteiger partial charge >= 0.3 is 0 Å². The quantitative estimate of drug-likeness (QED) is 0.571. The van der Waals surface area contributed by atoms with Gasteiger partial charge in [-0.15, -0.1) is 11.3 Å². The molecule has 0 saturated heterocycles. The fourth-order valence-corrected chi connectivity index (χ4v) is 5.94. The second-order valence-electron chi connectivity index (χ2n) is 4.22. The maximum atomic E-state index is 12.6. The summed E-state index contributed by atoms with van der Waals surface area (Å²) in [5, 5.41) is 2.07. The van der Waals surface area contributed by atoms with Crippen molar-refractivity contribution in [1.29, 1.82) is 0 Å². The topological polar surface area (TPSA) is 37.4 Å². The number of hydrogen-bond acceptors (Lipinski definition) is 3. The van der Waals surface area contributed by atoms with Crippen LogP contribution in [-0.4, -0.2) is 19.8 Å². The van der Waals surface area contributed by atoms with E-state index in [2.05, 4.69) is 31.9 Å². The Kier molecular flexibility index (Phi) is 5.79. The van der Waals surface area contributed by atoms with Crippen LogP contribution in [0.4, 0.5) is 0 Å². The van der Waals surface area contributed by atoms with Crippen LogP contribution in [0.15, 0.2) is 36.7 Å². The minimum Gasteiger partial charge on any atom is -0.207 e. The lowest BCUT2D eigenvalue weighted by Gasteiger charge is -2.18. The Morgan fingerprint density at radius 3 is 2.24 bits per heavy atom. The molecule has 9 heteroatoms. The molecule has 0 aliphatic rings. The first kappa shape index (κ1) is 17.7. The minimum atomic E-state index is -3.77. The van der Waals surface area contributed by atoms with E-state index in [1.165, 1.54) is 34.8 Å². The minimum absolute atomic E-state index is 0.0779. The van der Waals surface area contributed by atoms with Gasteiger partial charge in [0.25, 0.3) is 0 Å². The smallest absolute Gasteiger partial charge is 0.207 e. The molecule has 0 amide bonds. The van der Waals surface area contributed by atoms with E-state index in [0.717, 1.165) is 9.35 Å². The Morgan fingerprint density at radius 1 is 1.19 bits per heavy atom. The predicted octanol–water partition coefficient (Wildman–Crippen LogP) is 5.40. The molecule has 2 rings (SSSR count). The lowest BCUT2D eigenvalue weighted by Crippen LogP contribution is -2.26. The molecule has 0 atom stereocenters. The highest BCUT2D eigenvalue weighted by Gasteiger charge is 2.27. The van der Waals surface area contributed by atoms with Gasteiger partial charge in [-0.3, -0.25) is 0 Å². The van der Waals surface area contributed by atoms with E-state index in [-0.39, 0.29) is 21.5 Å². The Hall–Kier alpha value is 0.370. The zero-order valence-electron chi connectivity index (χ0n) is 10.6. The molecule has 0 saturated carbocycles. The van der Waals surface area contributed by atoms with Crippen LogP contribution in [0.1, 0.15) is 5.56 Å². The van der Waals surface area contributed by atoms with Crippen LogP contribution >= 0.6 is 66.4 Å². The number of thiophene rings is 1. The van der Waals surface area contributed by atoms with E-state index in [1.807, 2.05) is 11.4 Å². The van der Waals surface area contributed by atoms with Crippen molar-refractivity contribution in [2.75, 3.05) is 7.05 Å². The van der Waals surface area contributed by atoms with Crippen LogP contribution in [0.25, 0.3) is 0 Å². The van der Waals surface area contributed by atoms with Crippen molar-refractivity contribution in [1.82, 2.24) is 4.31 Å². The van der Waals surface area contributed by atoms with Crippen LogP contribution in [0.5, 0.6) is 0 Å². The van der Waals surface area contributed by atoms with Crippen LogP contribution < -0.4 is 0 Å². The van der Waals surface area contributed by atoms with E-state index in [0.29, 0.717) is 4.47 Å². The predicted molar refractivity (Wildman–Crippen MR) is 94.8 cm³/mol. The molecular formula is C12H9Br2Cl2NO2S2. The third kappa shape index (κ3) is 4.02. The molecular weight excluding hydrogens is 485 g/mol. The van der Waals surface area contributed by atoms with Crippen molar-refractivity contribution in [3.63, 3.8) is 0 Å². The fourth-order valence-electron chi connectivity index (χ4n) is 1.70. The molecule has 2 aromatic rings. The molecule has 3 nitrogen and oxygen atoms in total. The molecule has 0 bridgehead atoms. The third-order valence-corrected chi connectivity index (χ3v) is 7.40. The average Bonchev–Trinajstić information content (AvgIpc) is 2.72. The van der Waals surface area contributed by atoms with Crippen LogP contribution in [0, 0.1) is 0 Å². The number of halogens is 4. The lowest BCUT2D eigenvalue weighted by atomic mass is 10.3. The summed E-state index contributed by atoms with van der Waals surface area (Å²) in [5.74, 6) is 0. The largest absolute Gasteiger partial charge is 0.246 e. The monoisotopic (exact) mass is 491 g/mol. The van der Waals surface area contributed by atoms with Gasteiger partial charge in [0.05, 0.1) is 13.8 Å². The first-order valence-electron chi connectivity index (χ1n) is 5.55. The Bertz CT molecular complexity index is 754. The number of benzene rings is 1. The van der Waals surface area contributed by atoms with Crippen LogP contribution in [-0.2, 0) is 16.6 Å². The summed E-state index contributed by atoms with van der Waals surface area (Å²) in [6.07, 6.45) is 0. The van der Waals surface area contributed by atoms with Crippen molar-refractivity contribution < 1.29 is 8.42 Å². The molecule has 21 heavy (non-hydrogen) atoms. The Morgan fingerprint density at radius 2 is 1.76 bits per heavy atom. The van der Waals surface area contributed by atoms with Gasteiger partial charge in [0.1, 0.15) is 4.90 Å². The van der Waals surface area contributed by atoms with E-state index >= 15 is 0 Å². The van der Waals surface area contributed by atoms with Crippen molar-refractivity contribution in [3.8, 4) is 0 Å². The van der Waals surface area contributed by atoms with E-state index < -0.39 is 10.0 Å². The van der Waals surface area contributed by atoms with Gasteiger partial charge in [0, 0.05) is 18.1 Å². The van der Waals surface area contributed by atoms with Crippen molar-refractivity contribution in [2.45, 2.75) is 11.4 Å². The summed E-state index contributed by atoms with van der Waals surface area (Å²) in [7, 11) is -2.27. The third-order valence-electron chi connectivity index (χ3n) is 2.66. The molecule has 0 aliphatic heterocycles. The molecule has 0 spiro atoms. The maximum absolute atomic E-state index is 12.6. The van der Waals surface area contributed by atoms with Gasteiger partial charge in [-0.05, 0) is 45.1 Å². The van der Waals surface area contributed by atoms with Crippen molar-refractivity contribution in [3.05, 3.63) is 47.4 Å². The fraction of sp³-hybridized carbons (Fsp3) is 0.167. The SMILES string of the molecule is CN(Cc1csc(Br)c1)S(=O)(=O)c1c(Cl)cc(Br)cc1Cl. The standard InChI is InChI=1S/C12H9Br2Cl2NO2S2/c1-17(5-7-2-11(14)20-6-7)21(18,19)12-9(15)3-8(13)4-10(12)16/h2-4,6H,5H2,1H3. The molecule has 1 aromatic carbocycles. The Labute approximate surface area is 154 Å². The molecule has 0 fully saturated rings. The van der Waals surface area contributed by atoms with Crippen molar-refractivity contribution >= 4 is 76.4 Å². The zero-order valence-corrected chi connectivity index (χ0v) is 16.9. The molecule has 0 radical (unpaired) electrons. The first-order chi connectivity index (χ1) is 9.71. The number of hydrogen-bond donors (Lipinski definition) is 0. The maximum Gasteiger partial charge on any atom is 0.246 e. The van der Waals surface area contributed by atoms with E-state index in [1.54, 1.807) is 0 Å². The number of nitrogens with zero attached hydrogens (tertiary/aromatic N) is 1. The second kappa shape index (κ2) is 6.86. The van der Waals surface area contributed by atoms with Gasteiger partial charge < -0.3 is 0 Å². The lowest BCUT2D eigenvalue weighted by molar-refractivity contribution is 0.467. The molecule has 0 N–H and O–H groups in total. The van der Waals surface area contributed by atoms with Crippen LogP contribution in [0.3, 0.4) is 0 Å². The molecule has 0 unspecified atom stereocenters. The first-order valence-corrected chi connectivity index (χ1v) is 10.2. The zero-order chi connectivity index (χ0) is 15.8. The summed E-state index contributed by atoms with van der Waals surface area (Å²) >= 11 is 20.2. The average molecular weight is 494 g/mol. The van der Waals surface area contributed by atoms with Gasteiger partial charge in [0.2, 0.25) is 10.0 Å². The molecule has 0 aliphatic carbocycles. The van der Waals surface area contributed by atoms with E-state index in [4.69, 9.17) is 23.2 Å².